The van der Waals surface area contributed by atoms with Crippen molar-refractivity contribution in [3.8, 4) is 0 Å². The minimum Gasteiger partial charge on any atom is -0.388 e. The fourth-order valence-electron chi connectivity index (χ4n) is 1.57. The van der Waals surface area contributed by atoms with Crippen molar-refractivity contribution in [1.29, 1.82) is 0 Å². The number of rotatable bonds is 6. The van der Waals surface area contributed by atoms with Crippen molar-refractivity contribution in [2.75, 3.05) is 6.54 Å². The Morgan fingerprint density at radius 2 is 2.24 bits per heavy atom. The van der Waals surface area contributed by atoms with Crippen molar-refractivity contribution in [2.24, 2.45) is 0 Å². The molecule has 1 atom stereocenters. The van der Waals surface area contributed by atoms with Crippen LogP contribution in [-0.4, -0.2) is 25.3 Å². The van der Waals surface area contributed by atoms with E-state index < -0.39 is 16.1 Å². The van der Waals surface area contributed by atoms with E-state index in [2.05, 4.69) is 4.72 Å². The third-order valence-corrected chi connectivity index (χ3v) is 6.00. The number of thiophene rings is 1. The molecule has 2 rings (SSSR count). The molecule has 1 aliphatic carbocycles. The molecule has 0 amide bonds. The first-order valence-electron chi connectivity index (χ1n) is 5.74. The van der Waals surface area contributed by atoms with E-state index in [-0.39, 0.29) is 5.25 Å². The first kappa shape index (κ1) is 13.0. The normalized spacial score (nSPS) is 18.2. The van der Waals surface area contributed by atoms with Gasteiger partial charge in [-0.2, -0.15) is 0 Å². The molecule has 6 heteroatoms. The predicted octanol–water partition coefficient (Wildman–Crippen LogP) is 1.43. The summed E-state index contributed by atoms with van der Waals surface area (Å²) in [7, 11) is -3.06. The molecular weight excluding hydrogens is 258 g/mol. The van der Waals surface area contributed by atoms with E-state index >= 15 is 0 Å². The largest absolute Gasteiger partial charge is 0.388 e. The van der Waals surface area contributed by atoms with Gasteiger partial charge in [0.25, 0.3) is 0 Å². The Morgan fingerprint density at radius 1 is 1.53 bits per heavy atom. The lowest BCUT2D eigenvalue weighted by Crippen LogP contribution is -2.28. The molecule has 1 heterocycles. The van der Waals surface area contributed by atoms with Crippen LogP contribution in [-0.2, 0) is 16.4 Å². The number of aliphatic hydroxyl groups is 1. The zero-order valence-corrected chi connectivity index (χ0v) is 11.4. The quantitative estimate of drug-likeness (QED) is 0.825. The summed E-state index contributed by atoms with van der Waals surface area (Å²) < 4.78 is 25.7. The molecule has 0 radical (unpaired) electrons. The lowest BCUT2D eigenvalue weighted by molar-refractivity contribution is 0.203. The summed E-state index contributed by atoms with van der Waals surface area (Å²) in [5.74, 6) is 0. The summed E-state index contributed by atoms with van der Waals surface area (Å²) in [5.41, 5.74) is 0. The highest BCUT2D eigenvalue weighted by molar-refractivity contribution is 7.90. The standard InChI is InChI=1S/C11H17NO3S2/c1-8(13)11-5-2-9(16-11)6-7-12-17(14,15)10-3-4-10/h2,5,8,10,12-13H,3-4,6-7H2,1H3/t8-/m1/s1. The highest BCUT2D eigenvalue weighted by Gasteiger charge is 2.35. The smallest absolute Gasteiger partial charge is 0.214 e. The first-order valence-corrected chi connectivity index (χ1v) is 8.10. The molecular formula is C11H17NO3S2. The van der Waals surface area contributed by atoms with Crippen LogP contribution >= 0.6 is 11.3 Å². The molecule has 96 valence electrons. The maximum Gasteiger partial charge on any atom is 0.214 e. The van der Waals surface area contributed by atoms with Crippen LogP contribution in [0.5, 0.6) is 0 Å². The third kappa shape index (κ3) is 3.51. The molecule has 1 aromatic rings. The van der Waals surface area contributed by atoms with Crippen LogP contribution < -0.4 is 4.72 Å². The van der Waals surface area contributed by atoms with E-state index in [1.807, 2.05) is 12.1 Å². The van der Waals surface area contributed by atoms with Crippen molar-refractivity contribution in [3.05, 3.63) is 21.9 Å². The number of sulfonamides is 1. The lowest BCUT2D eigenvalue weighted by Gasteiger charge is -2.03. The van der Waals surface area contributed by atoms with E-state index in [1.54, 1.807) is 6.92 Å². The topological polar surface area (TPSA) is 66.4 Å². The van der Waals surface area contributed by atoms with Crippen LogP contribution in [0.3, 0.4) is 0 Å². The average molecular weight is 275 g/mol. The monoisotopic (exact) mass is 275 g/mol. The van der Waals surface area contributed by atoms with E-state index in [1.165, 1.54) is 11.3 Å². The second-order valence-corrected chi connectivity index (χ2v) is 7.61. The zero-order chi connectivity index (χ0) is 12.5. The molecule has 1 fully saturated rings. The Bertz CT molecular complexity index is 475. The number of nitrogens with one attached hydrogen (secondary N) is 1. The number of hydrogen-bond acceptors (Lipinski definition) is 4. The van der Waals surface area contributed by atoms with Gasteiger partial charge in [-0.15, -0.1) is 11.3 Å². The summed E-state index contributed by atoms with van der Waals surface area (Å²) in [6, 6.07) is 3.83. The summed E-state index contributed by atoms with van der Waals surface area (Å²) in [5, 5.41) is 9.22. The van der Waals surface area contributed by atoms with Gasteiger partial charge in [-0.05, 0) is 38.3 Å². The molecule has 1 aromatic heterocycles. The van der Waals surface area contributed by atoms with E-state index in [9.17, 15) is 13.5 Å². The molecule has 1 saturated carbocycles. The second kappa shape index (κ2) is 5.06. The Balaban J connectivity index is 1.81. The molecule has 0 aromatic carbocycles. The SMILES string of the molecule is C[C@@H](O)c1ccc(CCNS(=O)(=O)C2CC2)s1. The fraction of sp³-hybridized carbons (Fsp3) is 0.636. The molecule has 2 N–H and O–H groups in total. The Hall–Kier alpha value is -0.430. The van der Waals surface area contributed by atoms with Crippen molar-refractivity contribution >= 4 is 21.4 Å². The van der Waals surface area contributed by atoms with Crippen LogP contribution in [0.2, 0.25) is 0 Å². The second-order valence-electron chi connectivity index (χ2n) is 4.37. The third-order valence-electron chi connectivity index (χ3n) is 2.73. The van der Waals surface area contributed by atoms with E-state index in [0.717, 1.165) is 22.6 Å². The molecule has 0 spiro atoms. The van der Waals surface area contributed by atoms with Crippen molar-refractivity contribution < 1.29 is 13.5 Å². The highest BCUT2D eigenvalue weighted by atomic mass is 32.2. The Labute approximate surface area is 106 Å². The van der Waals surface area contributed by atoms with E-state index in [0.29, 0.717) is 13.0 Å². The fourth-order valence-corrected chi connectivity index (χ4v) is 3.89. The van der Waals surface area contributed by atoms with Crippen LogP contribution in [0.25, 0.3) is 0 Å². The van der Waals surface area contributed by atoms with Gasteiger partial charge in [0.2, 0.25) is 10.0 Å². The van der Waals surface area contributed by atoms with Crippen molar-refractivity contribution in [3.63, 3.8) is 0 Å². The van der Waals surface area contributed by atoms with Crippen LogP contribution in [0.1, 0.15) is 35.6 Å². The minimum absolute atomic E-state index is 0.154. The molecule has 17 heavy (non-hydrogen) atoms. The first-order chi connectivity index (χ1) is 7.99. The summed E-state index contributed by atoms with van der Waals surface area (Å²) in [6.45, 7) is 2.17. The van der Waals surface area contributed by atoms with Gasteiger partial charge in [0.1, 0.15) is 0 Å². The van der Waals surface area contributed by atoms with Crippen LogP contribution in [0.4, 0.5) is 0 Å². The Kier molecular flexibility index (Phi) is 3.87. The summed E-state index contributed by atoms with van der Waals surface area (Å²) >= 11 is 1.53. The van der Waals surface area contributed by atoms with Crippen LogP contribution in [0.15, 0.2) is 12.1 Å². The average Bonchev–Trinajstić information content (AvgIpc) is 3.00. The molecule has 0 bridgehead atoms. The van der Waals surface area contributed by atoms with Gasteiger partial charge >= 0.3 is 0 Å². The van der Waals surface area contributed by atoms with Gasteiger partial charge in [0.05, 0.1) is 11.4 Å². The lowest BCUT2D eigenvalue weighted by atomic mass is 10.3. The maximum absolute atomic E-state index is 11.5. The summed E-state index contributed by atoms with van der Waals surface area (Å²) in [6.07, 6.45) is 1.82. The van der Waals surface area contributed by atoms with Crippen molar-refractivity contribution in [2.45, 2.75) is 37.5 Å². The minimum atomic E-state index is -3.06. The number of aliphatic hydroxyl groups excluding tert-OH is 1. The zero-order valence-electron chi connectivity index (χ0n) is 9.72. The van der Waals surface area contributed by atoms with E-state index in [4.69, 9.17) is 0 Å². The molecule has 1 aliphatic rings. The maximum atomic E-state index is 11.5. The number of hydrogen-bond donors (Lipinski definition) is 2. The van der Waals surface area contributed by atoms with Gasteiger partial charge in [-0.3, -0.25) is 0 Å². The van der Waals surface area contributed by atoms with Crippen LogP contribution in [0, 0.1) is 0 Å². The van der Waals surface area contributed by atoms with Gasteiger partial charge in [-0.25, -0.2) is 13.1 Å². The molecule has 0 unspecified atom stereocenters. The molecule has 0 aliphatic heterocycles. The molecule has 0 saturated heterocycles. The van der Waals surface area contributed by atoms with Gasteiger partial charge in [0.15, 0.2) is 0 Å². The summed E-state index contributed by atoms with van der Waals surface area (Å²) in [4.78, 5) is 2.02. The van der Waals surface area contributed by atoms with Gasteiger partial charge in [-0.1, -0.05) is 0 Å². The predicted molar refractivity (Wildman–Crippen MR) is 68.6 cm³/mol. The van der Waals surface area contributed by atoms with Crippen molar-refractivity contribution in [1.82, 2.24) is 4.72 Å². The highest BCUT2D eigenvalue weighted by Crippen LogP contribution is 2.27. The molecule has 4 nitrogen and oxygen atoms in total. The van der Waals surface area contributed by atoms with Gasteiger partial charge < -0.3 is 5.11 Å². The van der Waals surface area contributed by atoms with Gasteiger partial charge in [0, 0.05) is 16.3 Å². The Morgan fingerprint density at radius 3 is 2.76 bits per heavy atom.